The van der Waals surface area contributed by atoms with Crippen LogP contribution in [0.15, 0.2) is 42.5 Å². The van der Waals surface area contributed by atoms with Crippen molar-refractivity contribution in [3.63, 3.8) is 0 Å². The summed E-state index contributed by atoms with van der Waals surface area (Å²) in [6.45, 7) is 0.301. The van der Waals surface area contributed by atoms with E-state index >= 15 is 0 Å². The molecular weight excluding hydrogens is 323 g/mol. The van der Waals surface area contributed by atoms with Gasteiger partial charge in [0.2, 0.25) is 5.91 Å². The van der Waals surface area contributed by atoms with Crippen LogP contribution in [0.2, 0.25) is 0 Å². The second-order valence-corrected chi connectivity index (χ2v) is 6.43. The molecule has 120 valence electrons. The molecule has 2 aromatic rings. The van der Waals surface area contributed by atoms with Gasteiger partial charge in [-0.25, -0.2) is 13.2 Å². The Balaban J connectivity index is 1.95. The van der Waals surface area contributed by atoms with Gasteiger partial charge in [0.05, 0.1) is 0 Å². The van der Waals surface area contributed by atoms with E-state index in [1.807, 2.05) is 30.3 Å². The second-order valence-electron chi connectivity index (χ2n) is 5.24. The van der Waals surface area contributed by atoms with Crippen molar-refractivity contribution < 1.29 is 18.0 Å². The van der Waals surface area contributed by atoms with Crippen LogP contribution in [0.25, 0.3) is 0 Å². The van der Waals surface area contributed by atoms with E-state index in [1.54, 1.807) is 0 Å². The molecule has 0 bridgehead atoms. The minimum atomic E-state index is -1.50. The Hall–Kier alpha value is -1.95. The lowest BCUT2D eigenvalue weighted by Gasteiger charge is -2.35. The number of benzene rings is 2. The number of hydrogen-bond acceptors (Lipinski definition) is 2. The third-order valence-electron chi connectivity index (χ3n) is 3.72. The number of halogens is 3. The molecule has 2 nitrogen and oxygen atoms in total. The van der Waals surface area contributed by atoms with Gasteiger partial charge in [0.25, 0.3) is 0 Å². The highest BCUT2D eigenvalue weighted by Crippen LogP contribution is 2.40. The highest BCUT2D eigenvalue weighted by Gasteiger charge is 2.33. The number of carbonyl (C=O) groups is 1. The van der Waals surface area contributed by atoms with Crippen LogP contribution in [0.3, 0.4) is 0 Å². The van der Waals surface area contributed by atoms with Crippen molar-refractivity contribution in [2.24, 2.45) is 0 Å². The predicted octanol–water partition coefficient (Wildman–Crippen LogP) is 4.27. The van der Waals surface area contributed by atoms with Gasteiger partial charge in [-0.2, -0.15) is 0 Å². The standard InChI is InChI=1S/C17H14F3NOS/c18-13-7-6-12(15(19)16(13)20)17-21(14(22)8-9-23-17)10-11-4-2-1-3-5-11/h1-7,17H,8-10H2. The highest BCUT2D eigenvalue weighted by atomic mass is 32.2. The van der Waals surface area contributed by atoms with Gasteiger partial charge >= 0.3 is 0 Å². The van der Waals surface area contributed by atoms with Gasteiger partial charge in [0, 0.05) is 24.3 Å². The van der Waals surface area contributed by atoms with Gasteiger partial charge in [0.1, 0.15) is 5.37 Å². The molecule has 2 aromatic carbocycles. The first kappa shape index (κ1) is 15.9. The number of thioether (sulfide) groups is 1. The lowest BCUT2D eigenvalue weighted by Crippen LogP contribution is -2.37. The smallest absolute Gasteiger partial charge is 0.224 e. The summed E-state index contributed by atoms with van der Waals surface area (Å²) < 4.78 is 40.8. The molecule has 0 N–H and O–H groups in total. The van der Waals surface area contributed by atoms with E-state index in [0.29, 0.717) is 18.7 Å². The predicted molar refractivity (Wildman–Crippen MR) is 83.1 cm³/mol. The lowest BCUT2D eigenvalue weighted by atomic mass is 10.1. The Bertz CT molecular complexity index is 723. The third kappa shape index (κ3) is 3.22. The van der Waals surface area contributed by atoms with Crippen LogP contribution in [-0.4, -0.2) is 16.6 Å². The lowest BCUT2D eigenvalue weighted by molar-refractivity contribution is -0.132. The van der Waals surface area contributed by atoms with Crippen molar-refractivity contribution in [2.75, 3.05) is 5.75 Å². The van der Waals surface area contributed by atoms with Gasteiger partial charge in [-0.3, -0.25) is 4.79 Å². The molecule has 1 saturated heterocycles. The fourth-order valence-corrected chi connectivity index (χ4v) is 3.81. The molecule has 3 rings (SSSR count). The maximum Gasteiger partial charge on any atom is 0.224 e. The van der Waals surface area contributed by atoms with Gasteiger partial charge in [-0.05, 0) is 11.6 Å². The first-order chi connectivity index (χ1) is 11.1. The van der Waals surface area contributed by atoms with Crippen molar-refractivity contribution in [1.29, 1.82) is 0 Å². The summed E-state index contributed by atoms with van der Waals surface area (Å²) in [5.74, 6) is -3.56. The summed E-state index contributed by atoms with van der Waals surface area (Å²) >= 11 is 1.35. The second kappa shape index (κ2) is 6.66. The molecule has 1 aliphatic rings. The van der Waals surface area contributed by atoms with Crippen molar-refractivity contribution >= 4 is 17.7 Å². The summed E-state index contributed by atoms with van der Waals surface area (Å²) in [4.78, 5) is 13.8. The topological polar surface area (TPSA) is 20.3 Å². The number of amides is 1. The first-order valence-corrected chi connectivity index (χ1v) is 8.21. The van der Waals surface area contributed by atoms with Crippen LogP contribution in [-0.2, 0) is 11.3 Å². The van der Waals surface area contributed by atoms with E-state index in [0.717, 1.165) is 11.6 Å². The Kier molecular flexibility index (Phi) is 4.61. The SMILES string of the molecule is O=C1CCSC(c2ccc(F)c(F)c2F)N1Cc1ccccc1. The quantitative estimate of drug-likeness (QED) is 0.780. The molecule has 0 radical (unpaired) electrons. The number of nitrogens with zero attached hydrogens (tertiary/aromatic N) is 1. The fraction of sp³-hybridized carbons (Fsp3) is 0.235. The van der Waals surface area contributed by atoms with E-state index in [2.05, 4.69) is 0 Å². The van der Waals surface area contributed by atoms with Crippen LogP contribution in [0.4, 0.5) is 13.2 Å². The molecule has 0 saturated carbocycles. The zero-order chi connectivity index (χ0) is 16.4. The van der Waals surface area contributed by atoms with E-state index in [-0.39, 0.29) is 11.5 Å². The summed E-state index contributed by atoms with van der Waals surface area (Å²) in [6, 6.07) is 11.4. The maximum atomic E-state index is 14.1. The van der Waals surface area contributed by atoms with Gasteiger partial charge in [-0.1, -0.05) is 36.4 Å². The third-order valence-corrected chi connectivity index (χ3v) is 4.99. The zero-order valence-corrected chi connectivity index (χ0v) is 13.0. The number of hydrogen-bond donors (Lipinski definition) is 0. The molecule has 0 spiro atoms. The van der Waals surface area contributed by atoms with Crippen molar-refractivity contribution in [3.05, 3.63) is 71.0 Å². The monoisotopic (exact) mass is 337 g/mol. The fourth-order valence-electron chi connectivity index (χ4n) is 2.56. The molecule has 0 aliphatic carbocycles. The van der Waals surface area contributed by atoms with Crippen LogP contribution in [0.1, 0.15) is 22.9 Å². The minimum Gasteiger partial charge on any atom is -0.322 e. The summed E-state index contributed by atoms with van der Waals surface area (Å²) in [5, 5.41) is -0.661. The first-order valence-electron chi connectivity index (χ1n) is 7.16. The Morgan fingerprint density at radius 1 is 1.04 bits per heavy atom. The van der Waals surface area contributed by atoms with Gasteiger partial charge in [0.15, 0.2) is 17.5 Å². The maximum absolute atomic E-state index is 14.1. The molecule has 1 unspecified atom stereocenters. The highest BCUT2D eigenvalue weighted by molar-refractivity contribution is 7.99. The normalized spacial score (nSPS) is 18.3. The molecule has 1 atom stereocenters. The summed E-state index contributed by atoms with van der Waals surface area (Å²) in [6.07, 6.45) is 0.347. The van der Waals surface area contributed by atoms with Gasteiger partial charge < -0.3 is 4.90 Å². The molecule has 1 aliphatic heterocycles. The largest absolute Gasteiger partial charge is 0.322 e. The zero-order valence-electron chi connectivity index (χ0n) is 12.1. The Morgan fingerprint density at radius 3 is 2.52 bits per heavy atom. The van der Waals surface area contributed by atoms with Crippen LogP contribution >= 0.6 is 11.8 Å². The van der Waals surface area contributed by atoms with E-state index in [9.17, 15) is 18.0 Å². The molecule has 6 heteroatoms. The molecule has 1 heterocycles. The van der Waals surface area contributed by atoms with Crippen molar-refractivity contribution in [3.8, 4) is 0 Å². The average molecular weight is 337 g/mol. The number of carbonyl (C=O) groups excluding carboxylic acids is 1. The Labute approximate surface area is 136 Å². The summed E-state index contributed by atoms with van der Waals surface area (Å²) in [7, 11) is 0. The Morgan fingerprint density at radius 2 is 1.78 bits per heavy atom. The molecule has 1 fully saturated rings. The molecular formula is C17H14F3NOS. The van der Waals surface area contributed by atoms with Crippen LogP contribution in [0.5, 0.6) is 0 Å². The van der Waals surface area contributed by atoms with Crippen molar-refractivity contribution in [1.82, 2.24) is 4.90 Å². The van der Waals surface area contributed by atoms with Crippen LogP contribution in [0, 0.1) is 17.5 Å². The van der Waals surface area contributed by atoms with E-state index < -0.39 is 22.8 Å². The molecule has 0 aromatic heterocycles. The van der Waals surface area contributed by atoms with Crippen LogP contribution < -0.4 is 0 Å². The van der Waals surface area contributed by atoms with Gasteiger partial charge in [-0.15, -0.1) is 11.8 Å². The summed E-state index contributed by atoms with van der Waals surface area (Å²) in [5.41, 5.74) is 0.897. The van der Waals surface area contributed by atoms with E-state index in [4.69, 9.17) is 0 Å². The van der Waals surface area contributed by atoms with E-state index in [1.165, 1.54) is 22.7 Å². The minimum absolute atomic E-state index is 0.00196. The number of rotatable bonds is 3. The average Bonchev–Trinajstić information content (AvgIpc) is 2.56. The molecule has 23 heavy (non-hydrogen) atoms. The van der Waals surface area contributed by atoms with Crippen molar-refractivity contribution in [2.45, 2.75) is 18.3 Å². The molecule has 1 amide bonds.